The summed E-state index contributed by atoms with van der Waals surface area (Å²) in [6.45, 7) is 5.56. The molecule has 150 valence electrons. The number of guanidine groups is 1. The molecule has 2 rings (SSSR count). The Hall–Kier alpha value is -3.02. The standard InChI is InChI=1S/C22H30N4O2/c1-16-9-10-19(17(2)11-16)14-25-22(23-3)24-13-18-7-6-8-20(12-18)28-15-21(27)26(4)5/h6-12H,13-15H2,1-5H3,(H2,23,24,25). The molecule has 0 aliphatic carbocycles. The number of hydrogen-bond donors (Lipinski definition) is 2. The molecule has 0 atom stereocenters. The van der Waals surface area contributed by atoms with Crippen LogP contribution in [0.5, 0.6) is 5.75 Å². The molecule has 0 fully saturated rings. The SMILES string of the molecule is CN=C(NCc1cccc(OCC(=O)N(C)C)c1)NCc1ccc(C)cc1C. The quantitative estimate of drug-likeness (QED) is 0.571. The van der Waals surface area contributed by atoms with E-state index in [1.807, 2.05) is 24.3 Å². The van der Waals surface area contributed by atoms with Crippen LogP contribution in [0.15, 0.2) is 47.5 Å². The number of amides is 1. The third-order valence-corrected chi connectivity index (χ3v) is 4.39. The Labute approximate surface area is 167 Å². The first-order valence-electron chi connectivity index (χ1n) is 9.31. The molecule has 0 saturated heterocycles. The van der Waals surface area contributed by atoms with Crippen LogP contribution < -0.4 is 15.4 Å². The number of benzene rings is 2. The van der Waals surface area contributed by atoms with Gasteiger partial charge in [0.15, 0.2) is 12.6 Å². The number of hydrogen-bond acceptors (Lipinski definition) is 3. The van der Waals surface area contributed by atoms with E-state index in [2.05, 4.69) is 47.7 Å². The van der Waals surface area contributed by atoms with Gasteiger partial charge in [0.2, 0.25) is 0 Å². The van der Waals surface area contributed by atoms with Gasteiger partial charge in [-0.05, 0) is 42.7 Å². The molecule has 6 nitrogen and oxygen atoms in total. The predicted octanol–water partition coefficient (Wildman–Crippen LogP) is 2.64. The normalized spacial score (nSPS) is 11.1. The topological polar surface area (TPSA) is 66.0 Å². The average molecular weight is 383 g/mol. The van der Waals surface area contributed by atoms with Gasteiger partial charge >= 0.3 is 0 Å². The summed E-state index contributed by atoms with van der Waals surface area (Å²) in [6, 6.07) is 14.1. The smallest absolute Gasteiger partial charge is 0.259 e. The van der Waals surface area contributed by atoms with Gasteiger partial charge in [-0.15, -0.1) is 0 Å². The highest BCUT2D eigenvalue weighted by Crippen LogP contribution is 2.13. The second-order valence-corrected chi connectivity index (χ2v) is 6.93. The van der Waals surface area contributed by atoms with Crippen molar-refractivity contribution in [1.82, 2.24) is 15.5 Å². The van der Waals surface area contributed by atoms with Crippen molar-refractivity contribution in [2.75, 3.05) is 27.7 Å². The molecular weight excluding hydrogens is 352 g/mol. The summed E-state index contributed by atoms with van der Waals surface area (Å²) in [5.74, 6) is 1.33. The molecule has 0 saturated carbocycles. The largest absolute Gasteiger partial charge is 0.484 e. The van der Waals surface area contributed by atoms with Crippen LogP contribution in [0.1, 0.15) is 22.3 Å². The molecule has 0 aromatic heterocycles. The summed E-state index contributed by atoms with van der Waals surface area (Å²) in [5.41, 5.74) is 4.82. The van der Waals surface area contributed by atoms with Gasteiger partial charge < -0.3 is 20.3 Å². The van der Waals surface area contributed by atoms with Crippen molar-refractivity contribution in [3.05, 3.63) is 64.7 Å². The van der Waals surface area contributed by atoms with Gasteiger partial charge in [0, 0.05) is 34.2 Å². The highest BCUT2D eigenvalue weighted by atomic mass is 16.5. The molecule has 0 bridgehead atoms. The Bertz CT molecular complexity index is 831. The van der Waals surface area contributed by atoms with E-state index in [4.69, 9.17) is 4.74 Å². The van der Waals surface area contributed by atoms with E-state index in [1.165, 1.54) is 21.6 Å². The monoisotopic (exact) mass is 382 g/mol. The average Bonchev–Trinajstić information content (AvgIpc) is 2.67. The van der Waals surface area contributed by atoms with Crippen molar-refractivity contribution in [2.24, 2.45) is 4.99 Å². The summed E-state index contributed by atoms with van der Waals surface area (Å²) >= 11 is 0. The first-order valence-corrected chi connectivity index (χ1v) is 9.31. The van der Waals surface area contributed by atoms with E-state index in [-0.39, 0.29) is 12.5 Å². The minimum Gasteiger partial charge on any atom is -0.484 e. The molecule has 0 spiro atoms. The number of carbonyl (C=O) groups is 1. The van der Waals surface area contributed by atoms with Crippen molar-refractivity contribution in [3.8, 4) is 5.75 Å². The van der Waals surface area contributed by atoms with Crippen molar-refractivity contribution in [2.45, 2.75) is 26.9 Å². The number of ether oxygens (including phenoxy) is 1. The molecule has 2 aromatic carbocycles. The van der Waals surface area contributed by atoms with Crippen LogP contribution in [-0.4, -0.2) is 44.5 Å². The fourth-order valence-electron chi connectivity index (χ4n) is 2.65. The van der Waals surface area contributed by atoms with Crippen LogP contribution in [0.3, 0.4) is 0 Å². The fourth-order valence-corrected chi connectivity index (χ4v) is 2.65. The highest BCUT2D eigenvalue weighted by molar-refractivity contribution is 5.79. The van der Waals surface area contributed by atoms with Gasteiger partial charge in [0.05, 0.1) is 0 Å². The number of rotatable bonds is 7. The third-order valence-electron chi connectivity index (χ3n) is 4.39. The van der Waals surface area contributed by atoms with Gasteiger partial charge in [-0.1, -0.05) is 35.9 Å². The highest BCUT2D eigenvalue weighted by Gasteiger charge is 2.06. The van der Waals surface area contributed by atoms with Gasteiger partial charge in [-0.2, -0.15) is 0 Å². The van der Waals surface area contributed by atoms with Crippen LogP contribution in [-0.2, 0) is 17.9 Å². The van der Waals surface area contributed by atoms with Crippen LogP contribution in [0.25, 0.3) is 0 Å². The zero-order chi connectivity index (χ0) is 20.5. The summed E-state index contributed by atoms with van der Waals surface area (Å²) in [4.78, 5) is 17.4. The molecule has 0 radical (unpaired) electrons. The maximum atomic E-state index is 11.7. The van der Waals surface area contributed by atoms with E-state index < -0.39 is 0 Å². The number of likely N-dealkylation sites (N-methyl/N-ethyl adjacent to an activating group) is 1. The molecule has 6 heteroatoms. The molecule has 0 unspecified atom stereocenters. The van der Waals surface area contributed by atoms with Crippen LogP contribution in [0.2, 0.25) is 0 Å². The fraction of sp³-hybridized carbons (Fsp3) is 0.364. The molecule has 0 heterocycles. The minimum absolute atomic E-state index is 0.0308. The van der Waals surface area contributed by atoms with Crippen LogP contribution >= 0.6 is 0 Å². The first-order chi connectivity index (χ1) is 13.4. The number of carbonyl (C=O) groups excluding carboxylic acids is 1. The van der Waals surface area contributed by atoms with Crippen molar-refractivity contribution < 1.29 is 9.53 Å². The zero-order valence-electron chi connectivity index (χ0n) is 17.4. The van der Waals surface area contributed by atoms with Gasteiger partial charge in [0.25, 0.3) is 5.91 Å². The zero-order valence-corrected chi connectivity index (χ0v) is 17.4. The van der Waals surface area contributed by atoms with Crippen molar-refractivity contribution in [1.29, 1.82) is 0 Å². The molecule has 0 aliphatic heterocycles. The Kier molecular flexibility index (Phi) is 7.87. The Balaban J connectivity index is 1.87. The lowest BCUT2D eigenvalue weighted by Gasteiger charge is -2.14. The maximum absolute atomic E-state index is 11.7. The first kappa shape index (κ1) is 21.3. The van der Waals surface area contributed by atoms with Crippen molar-refractivity contribution >= 4 is 11.9 Å². The summed E-state index contributed by atoms with van der Waals surface area (Å²) in [6.07, 6.45) is 0. The lowest BCUT2D eigenvalue weighted by Crippen LogP contribution is -2.36. The van der Waals surface area contributed by atoms with E-state index in [0.29, 0.717) is 18.8 Å². The predicted molar refractivity (Wildman–Crippen MR) is 114 cm³/mol. The van der Waals surface area contributed by atoms with E-state index >= 15 is 0 Å². The Morgan fingerprint density at radius 1 is 1.07 bits per heavy atom. The molecule has 1 amide bonds. The van der Waals surface area contributed by atoms with E-state index in [0.717, 1.165) is 11.5 Å². The van der Waals surface area contributed by atoms with E-state index in [9.17, 15) is 4.79 Å². The minimum atomic E-state index is -0.0699. The Morgan fingerprint density at radius 3 is 2.50 bits per heavy atom. The third kappa shape index (κ3) is 6.61. The number of nitrogens with one attached hydrogen (secondary N) is 2. The number of aryl methyl sites for hydroxylation is 2. The summed E-state index contributed by atoms with van der Waals surface area (Å²) < 4.78 is 5.57. The van der Waals surface area contributed by atoms with Crippen LogP contribution in [0, 0.1) is 13.8 Å². The maximum Gasteiger partial charge on any atom is 0.259 e. The lowest BCUT2D eigenvalue weighted by atomic mass is 10.1. The van der Waals surface area contributed by atoms with Crippen LogP contribution in [0.4, 0.5) is 0 Å². The van der Waals surface area contributed by atoms with Gasteiger partial charge in [-0.25, -0.2) is 0 Å². The van der Waals surface area contributed by atoms with E-state index in [1.54, 1.807) is 21.1 Å². The molecule has 2 aromatic rings. The second-order valence-electron chi connectivity index (χ2n) is 6.93. The summed E-state index contributed by atoms with van der Waals surface area (Å²) in [7, 11) is 5.18. The second kappa shape index (κ2) is 10.3. The lowest BCUT2D eigenvalue weighted by molar-refractivity contribution is -0.130. The van der Waals surface area contributed by atoms with Gasteiger partial charge in [0.1, 0.15) is 5.75 Å². The molecule has 0 aliphatic rings. The number of nitrogens with zero attached hydrogens (tertiary/aromatic N) is 2. The van der Waals surface area contributed by atoms with Gasteiger partial charge in [-0.3, -0.25) is 9.79 Å². The van der Waals surface area contributed by atoms with Crippen molar-refractivity contribution in [3.63, 3.8) is 0 Å². The summed E-state index contributed by atoms with van der Waals surface area (Å²) in [5, 5.41) is 6.65. The molecule has 28 heavy (non-hydrogen) atoms. The molecular formula is C22H30N4O2. The Morgan fingerprint density at radius 2 is 1.82 bits per heavy atom. The molecule has 2 N–H and O–H groups in total. The number of aliphatic imine (C=N–C) groups is 1.